The van der Waals surface area contributed by atoms with Gasteiger partial charge in [0, 0.05) is 100 Å². The number of aryl methyl sites for hydroxylation is 1. The lowest BCUT2D eigenvalue weighted by atomic mass is 9.81. The first-order valence-corrected chi connectivity index (χ1v) is 38.2. The highest BCUT2D eigenvalue weighted by Gasteiger charge is 2.40. The van der Waals surface area contributed by atoms with E-state index in [1.165, 1.54) is 110 Å². The first-order valence-electron chi connectivity index (χ1n) is 38.2. The summed E-state index contributed by atoms with van der Waals surface area (Å²) in [6.07, 6.45) is 5.67. The van der Waals surface area contributed by atoms with Crippen molar-refractivity contribution in [3.63, 3.8) is 0 Å². The maximum absolute atomic E-state index is 6.45. The van der Waals surface area contributed by atoms with E-state index in [0.29, 0.717) is 5.92 Å². The van der Waals surface area contributed by atoms with Crippen molar-refractivity contribution in [2.45, 2.75) is 84.5 Å². The summed E-state index contributed by atoms with van der Waals surface area (Å²) in [5, 5.41) is 9.29. The molecule has 7 heterocycles. The first-order chi connectivity index (χ1) is 53.5. The van der Waals surface area contributed by atoms with Gasteiger partial charge in [-0.25, -0.2) is 4.98 Å². The van der Waals surface area contributed by atoms with E-state index >= 15 is 0 Å². The summed E-state index contributed by atoms with van der Waals surface area (Å²) >= 11 is 0. The van der Waals surface area contributed by atoms with Gasteiger partial charge in [-0.15, -0.1) is 0 Å². The molecule has 0 unspecified atom stereocenters. The van der Waals surface area contributed by atoms with E-state index in [0.717, 1.165) is 112 Å². The number of furan rings is 3. The van der Waals surface area contributed by atoms with Gasteiger partial charge in [0.2, 0.25) is 0 Å². The highest BCUT2D eigenvalue weighted by molar-refractivity contribution is 6.12. The largest absolute Gasteiger partial charge is 0.456 e. The third-order valence-electron chi connectivity index (χ3n) is 23.9. The van der Waals surface area contributed by atoms with Crippen LogP contribution in [0.4, 0.5) is 0 Å². The second kappa shape index (κ2) is 25.3. The van der Waals surface area contributed by atoms with E-state index < -0.39 is 0 Å². The molecule has 0 bridgehead atoms. The second-order valence-corrected chi connectivity index (χ2v) is 31.8. The SMILES string of the molecule is CC(C)c1ccc(-c2cccc(-c3ccc4oc5cc6c(cc5c4c3)C(C)(C)c3ccccc3-6)n2)cc1.CC1(C)c2cc(-c3ccc(-c4nccc5ccccc45)nc3)ccc2-c2ccc3c(oc4ccccc43)c21.Cc1cccnc1-c1ccc(-c2ccc3c(c2)oc2cc4c(cc23)C(C)(C)c2ccccc2-4)cc1. The summed E-state index contributed by atoms with van der Waals surface area (Å²) in [6.45, 7) is 20.4. The van der Waals surface area contributed by atoms with Crippen LogP contribution < -0.4 is 0 Å². The predicted octanol–water partition coefficient (Wildman–Crippen LogP) is 27.8. The van der Waals surface area contributed by atoms with Crippen LogP contribution in [-0.4, -0.2) is 19.9 Å². The van der Waals surface area contributed by atoms with Crippen LogP contribution in [0.25, 0.3) is 177 Å². The highest BCUT2D eigenvalue weighted by atomic mass is 16.3. The quantitative estimate of drug-likeness (QED) is 0.157. The van der Waals surface area contributed by atoms with Gasteiger partial charge in [0.25, 0.3) is 0 Å². The van der Waals surface area contributed by atoms with Crippen molar-refractivity contribution in [2.75, 3.05) is 0 Å². The lowest BCUT2D eigenvalue weighted by molar-refractivity contribution is 0.620. The van der Waals surface area contributed by atoms with Gasteiger partial charge in [-0.3, -0.25) is 15.0 Å². The van der Waals surface area contributed by atoms with E-state index in [2.05, 4.69) is 333 Å². The molecule has 0 spiro atoms. The Balaban J connectivity index is 0.000000108. The van der Waals surface area contributed by atoms with Crippen molar-refractivity contribution < 1.29 is 13.3 Å². The van der Waals surface area contributed by atoms with Crippen molar-refractivity contribution in [1.82, 2.24) is 19.9 Å². The Bertz CT molecular complexity index is 6960. The molecular weight excluding hydrogens is 1340 g/mol. The summed E-state index contributed by atoms with van der Waals surface area (Å²) in [7, 11) is 0. The lowest BCUT2D eigenvalue weighted by Crippen LogP contribution is -2.15. The minimum absolute atomic E-state index is 0.0165. The maximum atomic E-state index is 6.45. The average molecular weight is 1420 g/mol. The van der Waals surface area contributed by atoms with E-state index in [9.17, 15) is 0 Å². The average Bonchev–Trinajstić information content (AvgIpc) is 1.58. The number of rotatable bonds is 7. The molecular formula is C103H78N4O3. The Morgan fingerprint density at radius 1 is 0.291 bits per heavy atom. The minimum Gasteiger partial charge on any atom is -0.456 e. The number of nitrogens with zero attached hydrogens (tertiary/aromatic N) is 4. The molecule has 7 aromatic heterocycles. The number of benzene rings is 12. The van der Waals surface area contributed by atoms with Gasteiger partial charge in [-0.2, -0.15) is 0 Å². The summed E-state index contributed by atoms with van der Waals surface area (Å²) in [5.41, 5.74) is 36.5. The zero-order valence-corrected chi connectivity index (χ0v) is 63.0. The molecule has 0 fully saturated rings. The van der Waals surface area contributed by atoms with Crippen molar-refractivity contribution in [3.8, 4) is 101 Å². The third kappa shape index (κ3) is 10.7. The highest BCUT2D eigenvalue weighted by Crippen LogP contribution is 2.56. The molecule has 0 saturated carbocycles. The van der Waals surface area contributed by atoms with Crippen molar-refractivity contribution in [1.29, 1.82) is 0 Å². The molecule has 0 N–H and O–H groups in total. The fourth-order valence-electron chi connectivity index (χ4n) is 18.0. The van der Waals surface area contributed by atoms with E-state index in [4.69, 9.17) is 23.2 Å². The number of para-hydroxylation sites is 1. The molecule has 0 saturated heterocycles. The fourth-order valence-corrected chi connectivity index (χ4v) is 18.0. The number of hydrogen-bond acceptors (Lipinski definition) is 7. The lowest BCUT2D eigenvalue weighted by Gasteiger charge is -2.22. The molecule has 0 aliphatic heterocycles. The third-order valence-corrected chi connectivity index (χ3v) is 23.9. The summed E-state index contributed by atoms with van der Waals surface area (Å²) in [4.78, 5) is 19.1. The zero-order chi connectivity index (χ0) is 74.5. The van der Waals surface area contributed by atoms with Crippen LogP contribution in [0, 0.1) is 6.92 Å². The smallest absolute Gasteiger partial charge is 0.140 e. The molecule has 12 aromatic carbocycles. The molecule has 22 rings (SSSR count). The summed E-state index contributed by atoms with van der Waals surface area (Å²) in [5.74, 6) is 0.519. The van der Waals surface area contributed by atoms with Crippen LogP contribution in [0.15, 0.2) is 317 Å². The molecule has 0 amide bonds. The maximum Gasteiger partial charge on any atom is 0.140 e. The van der Waals surface area contributed by atoms with Gasteiger partial charge in [-0.05, 0) is 210 Å². The van der Waals surface area contributed by atoms with Crippen molar-refractivity contribution in [3.05, 3.63) is 348 Å². The number of hydrogen-bond donors (Lipinski definition) is 0. The normalized spacial score (nSPS) is 13.8. The van der Waals surface area contributed by atoms with Crippen LogP contribution >= 0.6 is 0 Å². The second-order valence-electron chi connectivity index (χ2n) is 31.8. The Labute approximate surface area is 639 Å². The molecule has 110 heavy (non-hydrogen) atoms. The van der Waals surface area contributed by atoms with Gasteiger partial charge in [0.05, 0.1) is 28.5 Å². The molecule has 3 aliphatic carbocycles. The van der Waals surface area contributed by atoms with Crippen molar-refractivity contribution in [2.24, 2.45) is 0 Å². The number of aromatic nitrogens is 4. The first kappa shape index (κ1) is 66.3. The summed E-state index contributed by atoms with van der Waals surface area (Å²) in [6, 6.07) is 102. The fraction of sp³-hybridized carbons (Fsp3) is 0.126. The van der Waals surface area contributed by atoms with E-state index in [1.807, 2.05) is 42.9 Å². The van der Waals surface area contributed by atoms with Crippen LogP contribution in [0.2, 0.25) is 0 Å². The molecule has 528 valence electrons. The Hall–Kier alpha value is -13.1. The predicted molar refractivity (Wildman–Crippen MR) is 454 cm³/mol. The number of pyridine rings is 4. The Morgan fingerprint density at radius 2 is 0.827 bits per heavy atom. The molecule has 3 aliphatic rings. The van der Waals surface area contributed by atoms with Crippen LogP contribution in [0.3, 0.4) is 0 Å². The monoisotopic (exact) mass is 1420 g/mol. The van der Waals surface area contributed by atoms with Crippen LogP contribution in [-0.2, 0) is 16.2 Å². The topological polar surface area (TPSA) is 91.0 Å². The van der Waals surface area contributed by atoms with Gasteiger partial charge in [-0.1, -0.05) is 237 Å². The van der Waals surface area contributed by atoms with Gasteiger partial charge >= 0.3 is 0 Å². The molecule has 7 heteroatoms. The standard InChI is InChI=1S/C35H24N2O.C35H29NO.C33H25NO/c1-35(2)29-19-22(23-12-16-30(37-20-23)33-24-8-4-3-7-21(24)17-18-36-33)11-13-25(29)27-14-15-28-26-9-5-6-10-31(26)38-34(28)32(27)35;1-21(2)22-12-14-23(15-13-22)31-10-7-11-32(36-31)24-16-17-33-27(18-24)28-19-30-26(20-34(28)37-33)25-8-5-6-9-29(25)35(30,3)4;1-20-7-6-16-34-32(20)22-12-10-21(11-13-22)23-14-15-25-27-18-29-26(19-31(27)35-30(25)17-23)24-8-4-5-9-28(24)33(29,2)3/h3-20H,1-2H3;5-21H,1-4H3;4-19H,1-3H3. The zero-order valence-electron chi connectivity index (χ0n) is 63.0. The van der Waals surface area contributed by atoms with E-state index in [1.54, 1.807) is 0 Å². The summed E-state index contributed by atoms with van der Waals surface area (Å²) < 4.78 is 19.2. The molecule has 7 nitrogen and oxygen atoms in total. The molecule has 19 aromatic rings. The van der Waals surface area contributed by atoms with Crippen molar-refractivity contribution >= 4 is 76.6 Å². The van der Waals surface area contributed by atoms with Gasteiger partial charge in [0.15, 0.2) is 0 Å². The Morgan fingerprint density at radius 3 is 1.55 bits per heavy atom. The molecule has 0 radical (unpaired) electrons. The minimum atomic E-state index is -0.186. The van der Waals surface area contributed by atoms with Gasteiger partial charge < -0.3 is 13.3 Å². The Kier molecular flexibility index (Phi) is 15.2. The van der Waals surface area contributed by atoms with Gasteiger partial charge in [0.1, 0.15) is 33.5 Å². The van der Waals surface area contributed by atoms with E-state index in [-0.39, 0.29) is 16.2 Å². The number of fused-ring (bicyclic) bond motifs is 20. The molecule has 0 atom stereocenters. The van der Waals surface area contributed by atoms with Crippen LogP contribution in [0.1, 0.15) is 106 Å². The van der Waals surface area contributed by atoms with Crippen LogP contribution in [0.5, 0.6) is 0 Å².